The summed E-state index contributed by atoms with van der Waals surface area (Å²) >= 11 is 0. The number of aryl methyl sites for hydroxylation is 1. The van der Waals surface area contributed by atoms with Gasteiger partial charge >= 0.3 is 0 Å². The second-order valence-corrected chi connectivity index (χ2v) is 6.87. The van der Waals surface area contributed by atoms with Crippen LogP contribution in [0.25, 0.3) is 0 Å². The lowest BCUT2D eigenvalue weighted by Crippen LogP contribution is -2.38. The van der Waals surface area contributed by atoms with Gasteiger partial charge in [0.25, 0.3) is 15.7 Å². The number of primary amides is 1. The molecule has 0 saturated carbocycles. The number of rotatable bonds is 6. The van der Waals surface area contributed by atoms with Crippen molar-refractivity contribution in [2.75, 3.05) is 10.8 Å². The van der Waals surface area contributed by atoms with Gasteiger partial charge in [-0.15, -0.1) is 0 Å². The van der Waals surface area contributed by atoms with Crippen LogP contribution < -0.4 is 10.0 Å². The normalized spacial score (nSPS) is 11.0. The Morgan fingerprint density at radius 2 is 1.75 bits per heavy atom. The van der Waals surface area contributed by atoms with Crippen LogP contribution in [-0.4, -0.2) is 25.8 Å². The molecular weight excluding hydrogens is 334 g/mol. The average molecular weight is 349 g/mol. The van der Waals surface area contributed by atoms with Crippen molar-refractivity contribution < 1.29 is 18.1 Å². The first-order valence-corrected chi connectivity index (χ1v) is 8.28. The maximum atomic E-state index is 12.9. The van der Waals surface area contributed by atoms with E-state index in [-0.39, 0.29) is 5.69 Å². The molecule has 8 nitrogen and oxygen atoms in total. The number of carbonyl (C=O) groups excluding carboxylic acids is 1. The van der Waals surface area contributed by atoms with Crippen molar-refractivity contribution in [1.29, 1.82) is 0 Å². The molecule has 2 aromatic carbocycles. The van der Waals surface area contributed by atoms with Crippen LogP contribution >= 0.6 is 0 Å². The van der Waals surface area contributed by atoms with Crippen LogP contribution in [-0.2, 0) is 14.8 Å². The van der Waals surface area contributed by atoms with E-state index >= 15 is 0 Å². The van der Waals surface area contributed by atoms with Gasteiger partial charge in [0.15, 0.2) is 4.90 Å². The fraction of sp³-hybridized carbons (Fsp3) is 0.133. The largest absolute Gasteiger partial charge is 0.368 e. The van der Waals surface area contributed by atoms with Crippen molar-refractivity contribution in [3.8, 4) is 0 Å². The summed E-state index contributed by atoms with van der Waals surface area (Å²) in [4.78, 5) is 21.2. The van der Waals surface area contributed by atoms with E-state index in [1.165, 1.54) is 24.3 Å². The summed E-state index contributed by atoms with van der Waals surface area (Å²) in [5, 5.41) is 11.1. The molecule has 9 heteroatoms. The highest BCUT2D eigenvalue weighted by Crippen LogP contribution is 2.29. The van der Waals surface area contributed by atoms with Crippen molar-refractivity contribution in [3.05, 3.63) is 64.2 Å². The van der Waals surface area contributed by atoms with E-state index in [4.69, 9.17) is 5.73 Å². The van der Waals surface area contributed by atoms with E-state index in [0.717, 1.165) is 22.0 Å². The molecule has 126 valence electrons. The summed E-state index contributed by atoms with van der Waals surface area (Å²) in [5.41, 5.74) is 5.67. The number of nitrogens with zero attached hydrogens (tertiary/aromatic N) is 2. The number of sulfonamides is 1. The van der Waals surface area contributed by atoms with E-state index in [1.54, 1.807) is 12.1 Å². The van der Waals surface area contributed by atoms with Crippen LogP contribution in [0.4, 0.5) is 11.4 Å². The maximum Gasteiger partial charge on any atom is 0.289 e. The molecule has 1 amide bonds. The molecule has 0 atom stereocenters. The van der Waals surface area contributed by atoms with Crippen molar-refractivity contribution >= 4 is 27.3 Å². The first-order chi connectivity index (χ1) is 11.2. The predicted molar refractivity (Wildman–Crippen MR) is 88.0 cm³/mol. The second-order valence-electron chi connectivity index (χ2n) is 5.04. The molecule has 0 aliphatic heterocycles. The summed E-state index contributed by atoms with van der Waals surface area (Å²) in [7, 11) is -4.35. The monoisotopic (exact) mass is 349 g/mol. The third-order valence-electron chi connectivity index (χ3n) is 3.25. The highest BCUT2D eigenvalue weighted by molar-refractivity contribution is 7.93. The molecule has 0 spiro atoms. The predicted octanol–water partition coefficient (Wildman–Crippen LogP) is 1.58. The molecule has 0 radical (unpaired) electrons. The molecule has 0 aliphatic rings. The number of benzene rings is 2. The maximum absolute atomic E-state index is 12.9. The fourth-order valence-electron chi connectivity index (χ4n) is 2.11. The minimum absolute atomic E-state index is 0.192. The Bertz CT molecular complexity index is 878. The third kappa shape index (κ3) is 3.51. The number of anilines is 1. The Labute approximate surface area is 138 Å². The number of nitro benzene ring substituents is 1. The average Bonchev–Trinajstić information content (AvgIpc) is 2.53. The van der Waals surface area contributed by atoms with E-state index in [9.17, 15) is 23.3 Å². The molecular formula is C15H15N3O5S. The van der Waals surface area contributed by atoms with Crippen LogP contribution in [0.15, 0.2) is 53.4 Å². The number of hydrogen-bond donors (Lipinski definition) is 1. The van der Waals surface area contributed by atoms with Crippen LogP contribution in [0, 0.1) is 17.0 Å². The molecule has 2 rings (SSSR count). The van der Waals surface area contributed by atoms with E-state index in [0.29, 0.717) is 0 Å². The molecule has 2 aromatic rings. The van der Waals surface area contributed by atoms with Gasteiger partial charge in [-0.1, -0.05) is 29.8 Å². The molecule has 0 heterocycles. The summed E-state index contributed by atoms with van der Waals surface area (Å²) in [6, 6.07) is 11.3. The van der Waals surface area contributed by atoms with Crippen LogP contribution in [0.3, 0.4) is 0 Å². The lowest BCUT2D eigenvalue weighted by Gasteiger charge is -2.23. The van der Waals surface area contributed by atoms with Crippen molar-refractivity contribution in [1.82, 2.24) is 0 Å². The van der Waals surface area contributed by atoms with Gasteiger partial charge in [-0.2, -0.15) is 0 Å². The molecule has 0 aromatic heterocycles. The van der Waals surface area contributed by atoms with E-state index < -0.39 is 38.0 Å². The smallest absolute Gasteiger partial charge is 0.289 e. The van der Waals surface area contributed by atoms with Gasteiger partial charge in [0, 0.05) is 6.07 Å². The first-order valence-electron chi connectivity index (χ1n) is 6.84. The number of carbonyl (C=O) groups is 1. The Kier molecular flexibility index (Phi) is 4.84. The summed E-state index contributed by atoms with van der Waals surface area (Å²) in [6.45, 7) is 1.19. The van der Waals surface area contributed by atoms with Gasteiger partial charge in [0.05, 0.1) is 10.6 Å². The Hall–Kier alpha value is -2.94. The quantitative estimate of drug-likeness (QED) is 0.626. The van der Waals surface area contributed by atoms with Gasteiger partial charge in [0.2, 0.25) is 5.91 Å². The van der Waals surface area contributed by atoms with Gasteiger partial charge in [-0.3, -0.25) is 19.2 Å². The second kappa shape index (κ2) is 6.67. The number of para-hydroxylation sites is 1. The third-order valence-corrected chi connectivity index (χ3v) is 5.07. The summed E-state index contributed by atoms with van der Waals surface area (Å²) < 4.78 is 26.5. The Morgan fingerprint density at radius 3 is 2.29 bits per heavy atom. The Balaban J connectivity index is 2.62. The zero-order valence-corrected chi connectivity index (χ0v) is 13.6. The highest BCUT2D eigenvalue weighted by atomic mass is 32.2. The van der Waals surface area contributed by atoms with Crippen LogP contribution in [0.1, 0.15) is 5.56 Å². The van der Waals surface area contributed by atoms with Crippen molar-refractivity contribution in [2.24, 2.45) is 5.73 Å². The van der Waals surface area contributed by atoms with Crippen molar-refractivity contribution in [2.45, 2.75) is 11.8 Å². The Morgan fingerprint density at radius 1 is 1.17 bits per heavy atom. The van der Waals surface area contributed by atoms with E-state index in [1.807, 2.05) is 6.92 Å². The van der Waals surface area contributed by atoms with Gasteiger partial charge in [-0.05, 0) is 25.1 Å². The molecule has 0 bridgehead atoms. The number of nitro groups is 1. The lowest BCUT2D eigenvalue weighted by molar-refractivity contribution is -0.387. The topological polar surface area (TPSA) is 124 Å². The number of nitrogens with two attached hydrogens (primary N) is 1. The lowest BCUT2D eigenvalue weighted by atomic mass is 10.2. The number of hydrogen-bond acceptors (Lipinski definition) is 5. The zero-order chi connectivity index (χ0) is 17.9. The minimum Gasteiger partial charge on any atom is -0.368 e. The SMILES string of the molecule is Cc1ccc(N(CC(N)=O)S(=O)(=O)c2ccccc2[N+](=O)[O-])cc1. The fourth-order valence-corrected chi connectivity index (χ4v) is 3.70. The highest BCUT2D eigenvalue weighted by Gasteiger charge is 2.32. The van der Waals surface area contributed by atoms with Crippen LogP contribution in [0.2, 0.25) is 0 Å². The minimum atomic E-state index is -4.35. The van der Waals surface area contributed by atoms with Crippen molar-refractivity contribution in [3.63, 3.8) is 0 Å². The molecule has 0 unspecified atom stereocenters. The molecule has 0 aliphatic carbocycles. The molecule has 0 saturated heterocycles. The standard InChI is InChI=1S/C15H15N3O5S/c1-11-6-8-12(9-7-11)17(10-15(16)19)24(22,23)14-5-3-2-4-13(14)18(20)21/h2-9H,10H2,1H3,(H2,16,19). The molecule has 2 N–H and O–H groups in total. The summed E-state index contributed by atoms with van der Waals surface area (Å²) in [5.74, 6) is -0.877. The van der Waals surface area contributed by atoms with E-state index in [2.05, 4.69) is 0 Å². The van der Waals surface area contributed by atoms with Gasteiger partial charge < -0.3 is 5.73 Å². The first kappa shape index (κ1) is 17.4. The molecule has 24 heavy (non-hydrogen) atoms. The van der Waals surface area contributed by atoms with Gasteiger partial charge in [-0.25, -0.2) is 8.42 Å². The van der Waals surface area contributed by atoms with Gasteiger partial charge in [0.1, 0.15) is 6.54 Å². The zero-order valence-electron chi connectivity index (χ0n) is 12.7. The molecule has 0 fully saturated rings. The number of amides is 1. The van der Waals surface area contributed by atoms with Crippen LogP contribution in [0.5, 0.6) is 0 Å². The summed E-state index contributed by atoms with van der Waals surface area (Å²) in [6.07, 6.45) is 0.